The number of hydrogen-bond donors (Lipinski definition) is 1. The quantitative estimate of drug-likeness (QED) is 0.562. The first-order valence-corrected chi connectivity index (χ1v) is 4.98. The topological polar surface area (TPSA) is 12.0 Å². The molecule has 2 aliphatic rings. The molecule has 0 aromatic carbocycles. The second-order valence-corrected chi connectivity index (χ2v) is 4.62. The molecule has 3 atom stereocenters. The van der Waals surface area contributed by atoms with E-state index in [0.29, 0.717) is 5.54 Å². The smallest absolute Gasteiger partial charge is 0.0221 e. The molecule has 0 radical (unpaired) electrons. The maximum atomic E-state index is 3.64. The van der Waals surface area contributed by atoms with Crippen LogP contribution in [0.5, 0.6) is 0 Å². The predicted octanol–water partition coefficient (Wildman–Crippen LogP) is 2.17. The van der Waals surface area contributed by atoms with Crippen molar-refractivity contribution in [3.8, 4) is 0 Å². The van der Waals surface area contributed by atoms with Crippen LogP contribution in [-0.4, -0.2) is 12.1 Å². The highest BCUT2D eigenvalue weighted by Crippen LogP contribution is 2.42. The first-order valence-electron chi connectivity index (χ1n) is 4.98. The van der Waals surface area contributed by atoms with Gasteiger partial charge in [0.25, 0.3) is 0 Å². The summed E-state index contributed by atoms with van der Waals surface area (Å²) >= 11 is 0. The molecule has 2 rings (SSSR count). The van der Waals surface area contributed by atoms with E-state index in [1.54, 1.807) is 0 Å². The van der Waals surface area contributed by atoms with Crippen molar-refractivity contribution in [2.24, 2.45) is 11.8 Å². The van der Waals surface area contributed by atoms with Crippen LogP contribution in [0.3, 0.4) is 0 Å². The van der Waals surface area contributed by atoms with Crippen LogP contribution in [0.2, 0.25) is 0 Å². The van der Waals surface area contributed by atoms with Crippen molar-refractivity contribution in [2.45, 2.75) is 45.1 Å². The van der Waals surface area contributed by atoms with Crippen LogP contribution in [0.15, 0.2) is 0 Å². The van der Waals surface area contributed by atoms with E-state index in [0.717, 1.165) is 11.8 Å². The van der Waals surface area contributed by atoms with Crippen LogP contribution in [-0.2, 0) is 0 Å². The highest BCUT2D eigenvalue weighted by molar-refractivity contribution is 5.03. The predicted molar refractivity (Wildman–Crippen MR) is 47.5 cm³/mol. The molecule has 0 aromatic rings. The maximum absolute atomic E-state index is 3.64. The van der Waals surface area contributed by atoms with E-state index >= 15 is 0 Å². The van der Waals surface area contributed by atoms with Gasteiger partial charge in [0, 0.05) is 5.54 Å². The third-order valence-corrected chi connectivity index (χ3v) is 3.80. The third-order valence-electron chi connectivity index (χ3n) is 3.80. The highest BCUT2D eigenvalue weighted by atomic mass is 15.1. The van der Waals surface area contributed by atoms with Gasteiger partial charge in [0.15, 0.2) is 0 Å². The van der Waals surface area contributed by atoms with Crippen molar-refractivity contribution in [3.05, 3.63) is 0 Å². The van der Waals surface area contributed by atoms with Gasteiger partial charge in [-0.15, -0.1) is 0 Å². The lowest BCUT2D eigenvalue weighted by Crippen LogP contribution is -2.63. The molecule has 1 aliphatic carbocycles. The second kappa shape index (κ2) is 2.48. The van der Waals surface area contributed by atoms with Crippen molar-refractivity contribution < 1.29 is 0 Å². The van der Waals surface area contributed by atoms with Crippen molar-refractivity contribution in [1.29, 1.82) is 0 Å². The Labute approximate surface area is 69.6 Å². The van der Waals surface area contributed by atoms with Crippen LogP contribution in [0.4, 0.5) is 0 Å². The Morgan fingerprint density at radius 1 is 1.27 bits per heavy atom. The second-order valence-electron chi connectivity index (χ2n) is 4.62. The first kappa shape index (κ1) is 7.60. The third kappa shape index (κ3) is 1.10. The molecule has 1 aliphatic heterocycles. The van der Waals surface area contributed by atoms with Crippen molar-refractivity contribution in [3.63, 3.8) is 0 Å². The van der Waals surface area contributed by atoms with Gasteiger partial charge < -0.3 is 5.32 Å². The molecule has 1 N–H and O–H groups in total. The van der Waals surface area contributed by atoms with Gasteiger partial charge in [0.1, 0.15) is 0 Å². The summed E-state index contributed by atoms with van der Waals surface area (Å²) in [5.74, 6) is 1.88. The maximum Gasteiger partial charge on any atom is 0.0221 e. The molecule has 1 nitrogen and oxygen atoms in total. The molecule has 64 valence electrons. The van der Waals surface area contributed by atoms with Crippen molar-refractivity contribution in [2.75, 3.05) is 6.54 Å². The fraction of sp³-hybridized carbons (Fsp3) is 1.00. The summed E-state index contributed by atoms with van der Waals surface area (Å²) in [7, 11) is 0. The highest BCUT2D eigenvalue weighted by Gasteiger charge is 2.44. The molecule has 0 amide bonds. The molecule has 3 unspecified atom stereocenters. The molecule has 1 saturated heterocycles. The zero-order chi connectivity index (χ0) is 7.90. The first-order chi connectivity index (χ1) is 5.23. The fourth-order valence-corrected chi connectivity index (χ4v) is 2.78. The van der Waals surface area contributed by atoms with E-state index in [9.17, 15) is 0 Å². The minimum absolute atomic E-state index is 0.581. The van der Waals surface area contributed by atoms with Gasteiger partial charge in [0.2, 0.25) is 0 Å². The summed E-state index contributed by atoms with van der Waals surface area (Å²) in [6, 6.07) is 0. The van der Waals surface area contributed by atoms with E-state index < -0.39 is 0 Å². The average Bonchev–Trinajstić information content (AvgIpc) is 1.91. The number of rotatable bonds is 0. The van der Waals surface area contributed by atoms with E-state index in [2.05, 4.69) is 19.2 Å². The minimum Gasteiger partial charge on any atom is -0.311 e. The Morgan fingerprint density at radius 3 is 2.45 bits per heavy atom. The molecule has 1 saturated carbocycles. The van der Waals surface area contributed by atoms with Gasteiger partial charge in [-0.05, 0) is 37.6 Å². The van der Waals surface area contributed by atoms with Crippen LogP contribution in [0.1, 0.15) is 39.5 Å². The van der Waals surface area contributed by atoms with Gasteiger partial charge in [-0.1, -0.05) is 20.3 Å². The molecule has 1 heteroatoms. The van der Waals surface area contributed by atoms with E-state index in [-0.39, 0.29) is 0 Å². The van der Waals surface area contributed by atoms with E-state index in [1.807, 2.05) is 0 Å². The van der Waals surface area contributed by atoms with Gasteiger partial charge in [-0.2, -0.15) is 0 Å². The molecule has 1 spiro atoms. The summed E-state index contributed by atoms with van der Waals surface area (Å²) in [6.45, 7) is 6.07. The zero-order valence-electron chi connectivity index (χ0n) is 7.69. The van der Waals surface area contributed by atoms with Gasteiger partial charge in [-0.3, -0.25) is 0 Å². The van der Waals surface area contributed by atoms with Crippen LogP contribution in [0, 0.1) is 11.8 Å². The summed E-state index contributed by atoms with van der Waals surface area (Å²) in [4.78, 5) is 0. The van der Waals surface area contributed by atoms with Gasteiger partial charge in [-0.25, -0.2) is 0 Å². The Hall–Kier alpha value is -0.0400. The minimum atomic E-state index is 0.581. The van der Waals surface area contributed by atoms with Crippen LogP contribution in [0.25, 0.3) is 0 Å². The molecule has 1 heterocycles. The average molecular weight is 153 g/mol. The molecular formula is C10H19N. The number of hydrogen-bond acceptors (Lipinski definition) is 1. The Kier molecular flexibility index (Phi) is 1.71. The summed E-state index contributed by atoms with van der Waals surface area (Å²) in [5, 5.41) is 3.64. The fourth-order valence-electron chi connectivity index (χ4n) is 2.78. The van der Waals surface area contributed by atoms with E-state index in [1.165, 1.54) is 32.2 Å². The Balaban J connectivity index is 2.04. The lowest BCUT2D eigenvalue weighted by molar-refractivity contribution is 0.0567. The molecule has 0 aromatic heterocycles. The summed E-state index contributed by atoms with van der Waals surface area (Å²) < 4.78 is 0. The molecular weight excluding hydrogens is 134 g/mol. The lowest BCUT2D eigenvalue weighted by Gasteiger charge is -2.52. The van der Waals surface area contributed by atoms with Gasteiger partial charge >= 0.3 is 0 Å². The SMILES string of the molecule is CC1CCC(C)C2(CCN2)C1. The standard InChI is InChI=1S/C10H19N/c1-8-3-4-9(2)10(7-8)5-6-11-10/h8-9,11H,3-7H2,1-2H3. The monoisotopic (exact) mass is 153 g/mol. The summed E-state index contributed by atoms with van der Waals surface area (Å²) in [5.41, 5.74) is 0.581. The van der Waals surface area contributed by atoms with E-state index in [4.69, 9.17) is 0 Å². The van der Waals surface area contributed by atoms with Crippen LogP contribution >= 0.6 is 0 Å². The molecule has 0 bridgehead atoms. The molecule has 2 fully saturated rings. The number of nitrogens with one attached hydrogen (secondary N) is 1. The lowest BCUT2D eigenvalue weighted by atomic mass is 9.65. The van der Waals surface area contributed by atoms with Crippen molar-refractivity contribution >= 4 is 0 Å². The van der Waals surface area contributed by atoms with Crippen molar-refractivity contribution in [1.82, 2.24) is 5.32 Å². The summed E-state index contributed by atoms with van der Waals surface area (Å²) in [6.07, 6.45) is 5.74. The molecule has 11 heavy (non-hydrogen) atoms. The Bertz CT molecular complexity index is 149. The largest absolute Gasteiger partial charge is 0.311 e. The normalized spacial score (nSPS) is 50.7. The zero-order valence-corrected chi connectivity index (χ0v) is 7.69. The Morgan fingerprint density at radius 2 is 2.00 bits per heavy atom. The van der Waals surface area contributed by atoms with Crippen LogP contribution < -0.4 is 5.32 Å². The van der Waals surface area contributed by atoms with Gasteiger partial charge in [0.05, 0.1) is 0 Å².